The molecule has 2 N–H and O–H groups in total. The topological polar surface area (TPSA) is 236 Å². The van der Waals surface area contributed by atoms with Crippen molar-refractivity contribution in [1.82, 2.24) is 0 Å². The van der Waals surface area contributed by atoms with Crippen molar-refractivity contribution in [1.29, 1.82) is 0 Å². The van der Waals surface area contributed by atoms with Crippen molar-refractivity contribution in [3.63, 3.8) is 0 Å². The van der Waals surface area contributed by atoms with Gasteiger partial charge in [0.05, 0.1) is 57.3 Å². The molecule has 0 aromatic carbocycles. The molecule has 1 heterocycles. The summed E-state index contributed by atoms with van der Waals surface area (Å²) in [6.45, 7) is 75.7. The molecule has 0 amide bonds. The number of rotatable bonds is 9. The van der Waals surface area contributed by atoms with Crippen LogP contribution in [0.15, 0.2) is 70.3 Å². The van der Waals surface area contributed by atoms with Crippen LogP contribution >= 0.6 is 0 Å². The van der Waals surface area contributed by atoms with E-state index in [0.717, 1.165) is 145 Å². The lowest BCUT2D eigenvalue weighted by Gasteiger charge is -2.69. The first-order chi connectivity index (χ1) is 75.2. The molecule has 125 heavy (non-hydrogen) atoms. The number of esters is 3. The fourth-order valence-electron chi connectivity index (χ4n) is 32.6. The minimum Gasteiger partial charge on any atom is -0.469 e. The first-order valence-corrected chi connectivity index (χ1v) is 50.2. The Morgan fingerprint density at radius 2 is 0.792 bits per heavy atom. The van der Waals surface area contributed by atoms with E-state index in [1.165, 1.54) is 21.3 Å². The average molecular weight is 1850 g/mol. The van der Waals surface area contributed by atoms with Gasteiger partial charge in [0.15, 0.2) is 37.2 Å². The maximum absolute atomic E-state index is 14.7. The number of methoxy groups -OCH3 is 3. The van der Waals surface area contributed by atoms with Crippen LogP contribution in [0, 0.1) is 170 Å². The Morgan fingerprint density at radius 1 is 0.472 bits per heavy atom. The van der Waals surface area contributed by atoms with Gasteiger partial charge in [-0.2, -0.15) is 0 Å². The van der Waals surface area contributed by atoms with E-state index in [0.29, 0.717) is 38.9 Å². The second kappa shape index (κ2) is 30.4. The van der Waals surface area contributed by atoms with Crippen molar-refractivity contribution in [2.75, 3.05) is 41.2 Å². The Morgan fingerprint density at radius 3 is 1.10 bits per heavy atom. The fourth-order valence-corrected chi connectivity index (χ4v) is 33.7. The molecule has 10 fully saturated rings. The highest BCUT2D eigenvalue weighted by atomic mass is 28.4. The highest BCUT2D eigenvalue weighted by Crippen LogP contribution is 2.81. The summed E-state index contributed by atoms with van der Waals surface area (Å²) in [6, 6.07) is 0. The molecule has 9 saturated carbocycles. The number of ketones is 5. The first-order valence-electron chi connectivity index (χ1n) is 65.3. The minimum atomic E-state index is -2.03. The normalized spacial score (nSPS) is 47.1. The number of hydrogen-bond donors (Lipinski definition) is 2. The van der Waals surface area contributed by atoms with Gasteiger partial charge in [0, 0.05) is 125 Å². The van der Waals surface area contributed by atoms with E-state index in [2.05, 4.69) is 166 Å². The molecule has 724 valence electrons. The van der Waals surface area contributed by atoms with E-state index < -0.39 is 62.8 Å². The first kappa shape index (κ1) is 74.4. The number of nitrogens with zero attached hydrogens (tertiary/aromatic N) is 3. The Balaban J connectivity index is -0.000000388. The third-order valence-electron chi connectivity index (χ3n) is 41.6. The largest absolute Gasteiger partial charge is 0.469 e. The number of hydrogen-bond acceptors (Lipinski definition) is 15. The lowest BCUT2D eigenvalue weighted by atomic mass is 9.34. The maximum Gasteiger partial charge on any atom is 0.312 e. The molecule has 16 rings (SSSR count). The third kappa shape index (κ3) is 13.0. The van der Waals surface area contributed by atoms with E-state index in [1.807, 2.05) is 43.4 Å². The standard InChI is InChI=1S/C39H59NO5Si.2C33H45NO5.CH4.19H2/c1-33(2,3)46(12,13)45-21-20-35(6)28-14-15-37(8)29(36(28,7)24-26(40-10)31(35)42)22-27(41)30-25-23-34(4,5)16-18-39(25,32(43)44-11)19-17-38(30,37)9;1-27(2)11-13-32(26(36)38-8)14-12-31(6)25(20(32)18-27)21(35)17-23-28(3)19-24(34-7)33(37)30(5,15-16-39-33)22(28)9-10-29(23,31)4;1-28(2)11-13-33(27(38)39-8)14-12-32(6)25(20(33)18-28)22(36)17-24-30(4)19-21(34-7)26(37)29(3,15-16-35)23(30)9-10-31(24,32)5;;;;;;;;;;;;;;;;;;;;/h22,24-25,28,30H,14-21,23H2,1-9,11-13H3;17,19-20,22,25,37H,9-16,18H2,1-6,8H3;17,19-20,23,25,35H,9-16,18H2,1-6,8H3;1H4;19*1H/t25-,28-,30-,35-,36-,37+,38+,39-;20-,22+,25-,28-,29+,30-,31+,32-,33?;20-,23-,25-,29-,30-,31+,32+,33-;;;;;;;;;;;;;;;;;;;;/m000..................../s1/i;;;;18*1+2T;1+2. The summed E-state index contributed by atoms with van der Waals surface area (Å²) >= 11 is 0. The molecule has 16 aliphatic rings. The predicted molar refractivity (Wildman–Crippen MR) is 526 cm³/mol. The fraction of sp³-hybridized carbons (Fsp3) is 0.783. The van der Waals surface area contributed by atoms with Gasteiger partial charge in [-0.05, 0) is 275 Å². The third-order valence-corrected chi connectivity index (χ3v) is 46.2. The summed E-state index contributed by atoms with van der Waals surface area (Å²) in [5.41, 5.74) is -3.84. The molecule has 1 unspecified atom stereocenters. The van der Waals surface area contributed by atoms with Gasteiger partial charge < -0.3 is 43.2 Å². The summed E-state index contributed by atoms with van der Waals surface area (Å²) in [7, 11) is 2.43. The van der Waals surface area contributed by atoms with Gasteiger partial charge in [-0.25, -0.2) is 14.5 Å². The molecule has 18 nitrogen and oxygen atoms in total. The van der Waals surface area contributed by atoms with Crippen LogP contribution in [-0.4, -0.2) is 112 Å². The summed E-state index contributed by atoms with van der Waals surface area (Å²) in [6.07, 6.45) is 30.3. The number of fused-ring (bicyclic) bond motifs is 23. The van der Waals surface area contributed by atoms with E-state index >= 15 is 0 Å². The van der Waals surface area contributed by atoms with E-state index in [9.17, 15) is 48.6 Å². The molecule has 0 bridgehead atoms. The van der Waals surface area contributed by atoms with Crippen LogP contribution in [0.1, 0.15) is 362 Å². The SMILES string of the molecule is C.[3HH].[3H][3H].[3H][3H].[3H][3H].[3H][3H].[3H][3H].[3H][3H].[3H][3H].[3H][3H].[3H][3H].[3H][3H].[3H][3H].[3H][3H].[3H][3H].[3H][3H].[3H][3H].[3H][3H].[3H][3H].[3H][3H].[C-]#[N+]C1=C[C@]2(C)C3=CC(=O)[C@@H]4[C@@H]5CC(C)(C)CC[C@]5(C(=O)OC)CC[C@@]4(C)[C@]3(C)CC[C@H]2[C@](C)(CCO)C1=O.[C-]#[N+]C1=C[C@]2(C)C3=CC(=O)[C@@H]4[C@@H]5CC(C)(C)CC[C@]5(C(=O)OC)CC[C@@]4(C)[C@]3(C)CC[C@H]2[C@](C)(CCO[Si](C)(C)C(C)(C)C)C1=O.[C-]#[N+]C1=C[C@]2(C)C3=CC(=O)[C@@H]4[C@@H]5CC(C)(C)CC[C@]5(C(=O)OC)CC[C@@]4(C)[C@]3(C)CC[C@H]2[C@]2(C)CCOC12O. The quantitative estimate of drug-likeness (QED) is 0.0945. The monoisotopic (exact) mass is 1850 g/mol. The Kier molecular flexibility index (Phi) is 18.1. The Bertz CT molecular complexity index is 5020. The van der Waals surface area contributed by atoms with Gasteiger partial charge in [-0.15, -0.1) is 0 Å². The second-order valence-corrected chi connectivity index (χ2v) is 54.3. The summed E-state index contributed by atoms with van der Waals surface area (Å²) < 4.78 is 209. The second-order valence-electron chi connectivity index (χ2n) is 49.5. The maximum atomic E-state index is 14.7. The van der Waals surface area contributed by atoms with Crippen molar-refractivity contribution in [2.45, 2.75) is 331 Å². The molecule has 0 aromatic heterocycles. The predicted octanol–water partition coefficient (Wildman–Crippen LogP) is 26.8. The molecule has 0 radical (unpaired) electrons. The zero-order valence-electron chi connectivity index (χ0n) is 116. The van der Waals surface area contributed by atoms with Crippen LogP contribution in [-0.2, 0) is 61.7 Å². The molecule has 1 saturated heterocycles. The van der Waals surface area contributed by atoms with Gasteiger partial charge in [0.25, 0.3) is 0 Å². The number of aliphatic hydroxyl groups excluding tert-OH is 1. The lowest BCUT2D eigenvalue weighted by Crippen LogP contribution is -2.67. The molecule has 15 aliphatic carbocycles. The summed E-state index contributed by atoms with van der Waals surface area (Å²) in [5.74, 6) is -3.04. The van der Waals surface area contributed by atoms with Crippen LogP contribution in [0.25, 0.3) is 14.5 Å². The highest BCUT2D eigenvalue weighted by Gasteiger charge is 2.78. The molecular formula is C106H191N3O15Si. The molecule has 0 aromatic rings. The van der Waals surface area contributed by atoms with Crippen LogP contribution in [0.4, 0.5) is 0 Å². The lowest BCUT2D eigenvalue weighted by molar-refractivity contribution is -0.230. The van der Waals surface area contributed by atoms with Crippen LogP contribution < -0.4 is 0 Å². The smallest absolute Gasteiger partial charge is 0.312 e. The Labute approximate surface area is 807 Å². The van der Waals surface area contributed by atoms with Crippen molar-refractivity contribution in [2.24, 2.45) is 151 Å². The van der Waals surface area contributed by atoms with Gasteiger partial charge >= 0.3 is 17.9 Å². The van der Waals surface area contributed by atoms with Crippen molar-refractivity contribution >= 4 is 55.1 Å². The van der Waals surface area contributed by atoms with Gasteiger partial charge in [0.2, 0.25) is 22.9 Å². The number of allylic oxidation sites excluding steroid dienone is 11. The summed E-state index contributed by atoms with van der Waals surface area (Å²) in [4.78, 5) is 123. The zero-order chi connectivity index (χ0) is 128. The molecule has 0 spiro atoms. The molecule has 19 heteroatoms. The zero-order valence-corrected chi connectivity index (χ0v) is 81.3. The minimum absolute atomic E-state index is 0. The molecule has 1 aliphatic heterocycles. The van der Waals surface area contributed by atoms with Gasteiger partial charge in [0.1, 0.15) is 0 Å². The van der Waals surface area contributed by atoms with E-state index in [4.69, 9.17) is 96.5 Å². The van der Waals surface area contributed by atoms with Crippen molar-refractivity contribution in [3.05, 3.63) is 105 Å². The number of carbonyl (C=O) groups is 8. The van der Waals surface area contributed by atoms with Crippen molar-refractivity contribution < 1.29 is 127 Å². The Hall–Kier alpha value is -6.27. The number of aliphatic hydroxyl groups is 2. The average Bonchev–Trinajstić information content (AvgIpc) is 1.54. The number of Topliss-reactive ketones (excluding diaryl/α,β-unsaturated/α-hetero) is 2. The molecule has 25 atom stereocenters. The number of ether oxygens (including phenoxy) is 4. The van der Waals surface area contributed by atoms with E-state index in [-0.39, 0.29) is 186 Å². The highest BCUT2D eigenvalue weighted by molar-refractivity contribution is 6.74. The number of carbonyl (C=O) groups excluding carboxylic acids is 8. The van der Waals surface area contributed by atoms with Crippen LogP contribution in [0.2, 0.25) is 18.1 Å². The van der Waals surface area contributed by atoms with Gasteiger partial charge in [-0.1, -0.05) is 188 Å². The van der Waals surface area contributed by atoms with Crippen LogP contribution in [0.5, 0.6) is 0 Å². The summed E-state index contributed by atoms with van der Waals surface area (Å²) in [5, 5.41) is 21.7. The van der Waals surface area contributed by atoms with Crippen molar-refractivity contribution in [3.8, 4) is 0 Å². The van der Waals surface area contributed by atoms with Crippen LogP contribution in [0.3, 0.4) is 0 Å². The van der Waals surface area contributed by atoms with E-state index in [1.54, 1.807) is 0 Å². The van der Waals surface area contributed by atoms with Gasteiger partial charge in [-0.3, -0.25) is 28.8 Å². The molecular weight excluding hydrogens is 1580 g/mol.